The van der Waals surface area contributed by atoms with Crippen LogP contribution in [0.15, 0.2) is 67.1 Å². The zero-order chi connectivity index (χ0) is 17.8. The fourth-order valence-corrected chi connectivity index (χ4v) is 2.99. The van der Waals surface area contributed by atoms with Gasteiger partial charge in [-0.15, -0.1) is 0 Å². The average molecular weight is 364 g/mol. The predicted octanol–water partition coefficient (Wildman–Crippen LogP) is 5.01. The van der Waals surface area contributed by atoms with Crippen LogP contribution in [-0.2, 0) is 6.42 Å². The minimum absolute atomic E-state index is 0.706. The van der Waals surface area contributed by atoms with Crippen LogP contribution in [0.5, 0.6) is 0 Å². The highest BCUT2D eigenvalue weighted by Gasteiger charge is 2.04. The van der Waals surface area contributed by atoms with E-state index in [1.54, 1.807) is 6.33 Å². The summed E-state index contributed by atoms with van der Waals surface area (Å²) in [5, 5.41) is 8.57. The first-order valence-electron chi connectivity index (χ1n) is 8.41. The molecule has 2 aromatic carbocycles. The van der Waals surface area contributed by atoms with Crippen molar-refractivity contribution in [2.75, 3.05) is 17.2 Å². The molecule has 5 nitrogen and oxygen atoms in total. The summed E-state index contributed by atoms with van der Waals surface area (Å²) < 4.78 is 0. The Morgan fingerprint density at radius 3 is 2.65 bits per heavy atom. The number of H-pyrrole nitrogens is 1. The summed E-state index contributed by atoms with van der Waals surface area (Å²) in [6.45, 7) is 0.791. The van der Waals surface area contributed by atoms with E-state index in [9.17, 15) is 0 Å². The lowest BCUT2D eigenvalue weighted by molar-refractivity contribution is 1.01. The van der Waals surface area contributed by atoms with Crippen molar-refractivity contribution < 1.29 is 0 Å². The summed E-state index contributed by atoms with van der Waals surface area (Å²) in [5.74, 6) is 1.52. The molecule has 0 spiro atoms. The van der Waals surface area contributed by atoms with Crippen molar-refractivity contribution in [3.05, 3.63) is 77.7 Å². The van der Waals surface area contributed by atoms with Crippen LogP contribution in [0.3, 0.4) is 0 Å². The van der Waals surface area contributed by atoms with Crippen LogP contribution in [0, 0.1) is 0 Å². The Bertz CT molecular complexity index is 1010. The van der Waals surface area contributed by atoms with Gasteiger partial charge in [-0.05, 0) is 42.3 Å². The predicted molar refractivity (Wildman–Crippen MR) is 107 cm³/mol. The Balaban J connectivity index is 1.38. The van der Waals surface area contributed by atoms with E-state index in [1.165, 1.54) is 16.5 Å². The first-order chi connectivity index (χ1) is 12.8. The van der Waals surface area contributed by atoms with Crippen LogP contribution in [0.1, 0.15) is 5.56 Å². The van der Waals surface area contributed by atoms with Crippen molar-refractivity contribution in [3.8, 4) is 0 Å². The van der Waals surface area contributed by atoms with Gasteiger partial charge in [-0.2, -0.15) is 0 Å². The minimum Gasteiger partial charge on any atom is -0.370 e. The van der Waals surface area contributed by atoms with E-state index in [0.717, 1.165) is 30.3 Å². The van der Waals surface area contributed by atoms with Gasteiger partial charge in [-0.1, -0.05) is 29.8 Å². The van der Waals surface area contributed by atoms with E-state index in [-0.39, 0.29) is 0 Å². The third-order valence-electron chi connectivity index (χ3n) is 4.16. The quantitative estimate of drug-likeness (QED) is 0.450. The Labute approximate surface area is 156 Å². The van der Waals surface area contributed by atoms with Crippen LogP contribution < -0.4 is 10.6 Å². The van der Waals surface area contributed by atoms with Crippen molar-refractivity contribution >= 4 is 39.8 Å². The van der Waals surface area contributed by atoms with Crippen molar-refractivity contribution in [1.82, 2.24) is 15.0 Å². The monoisotopic (exact) mass is 363 g/mol. The molecule has 0 unspecified atom stereocenters. The molecule has 0 atom stereocenters. The van der Waals surface area contributed by atoms with Gasteiger partial charge in [-0.25, -0.2) is 9.97 Å². The van der Waals surface area contributed by atoms with Gasteiger partial charge in [0.15, 0.2) is 0 Å². The number of nitrogens with zero attached hydrogens (tertiary/aromatic N) is 2. The molecule has 2 heterocycles. The van der Waals surface area contributed by atoms with Crippen molar-refractivity contribution in [3.63, 3.8) is 0 Å². The number of benzene rings is 2. The molecule has 0 fully saturated rings. The van der Waals surface area contributed by atoms with E-state index in [2.05, 4.69) is 50.0 Å². The molecule has 0 aliphatic heterocycles. The standard InChI is InChI=1S/C20H18ClN5/c21-15-5-7-16(8-6-15)26-20-11-19(24-13-25-20)22-10-9-14-12-23-18-4-2-1-3-17(14)18/h1-8,11-13,23H,9-10H2,(H2,22,24,25,26). The fraction of sp³-hybridized carbons (Fsp3) is 0.100. The van der Waals surface area contributed by atoms with Gasteiger partial charge in [0.1, 0.15) is 18.0 Å². The highest BCUT2D eigenvalue weighted by atomic mass is 35.5. The molecule has 0 amide bonds. The maximum absolute atomic E-state index is 5.91. The summed E-state index contributed by atoms with van der Waals surface area (Å²) in [7, 11) is 0. The Hall–Kier alpha value is -3.05. The summed E-state index contributed by atoms with van der Waals surface area (Å²) in [4.78, 5) is 11.8. The zero-order valence-corrected chi connectivity index (χ0v) is 14.8. The summed E-state index contributed by atoms with van der Waals surface area (Å²) in [6, 6.07) is 17.7. The number of halogens is 1. The number of fused-ring (bicyclic) bond motifs is 1. The molecule has 26 heavy (non-hydrogen) atoms. The zero-order valence-electron chi connectivity index (χ0n) is 14.0. The van der Waals surface area contributed by atoms with Crippen LogP contribution in [0.2, 0.25) is 5.02 Å². The molecule has 0 saturated carbocycles. The van der Waals surface area contributed by atoms with Gasteiger partial charge >= 0.3 is 0 Å². The molecule has 0 radical (unpaired) electrons. The van der Waals surface area contributed by atoms with Crippen molar-refractivity contribution in [1.29, 1.82) is 0 Å². The normalized spacial score (nSPS) is 10.8. The SMILES string of the molecule is Clc1ccc(Nc2cc(NCCc3c[nH]c4ccccc34)ncn2)cc1. The molecule has 0 aliphatic rings. The molecular formula is C20H18ClN5. The number of hydrogen-bond donors (Lipinski definition) is 3. The number of rotatable bonds is 6. The largest absolute Gasteiger partial charge is 0.370 e. The lowest BCUT2D eigenvalue weighted by Crippen LogP contribution is -2.07. The number of para-hydroxylation sites is 1. The highest BCUT2D eigenvalue weighted by Crippen LogP contribution is 2.20. The van der Waals surface area contributed by atoms with Crippen LogP contribution in [0.25, 0.3) is 10.9 Å². The van der Waals surface area contributed by atoms with Gasteiger partial charge in [0.05, 0.1) is 0 Å². The fourth-order valence-electron chi connectivity index (χ4n) is 2.87. The smallest absolute Gasteiger partial charge is 0.135 e. The molecule has 6 heteroatoms. The maximum atomic E-state index is 5.91. The van der Waals surface area contributed by atoms with Gasteiger partial charge in [-0.3, -0.25) is 0 Å². The molecule has 130 valence electrons. The van der Waals surface area contributed by atoms with E-state index in [0.29, 0.717) is 5.02 Å². The third kappa shape index (κ3) is 3.78. The first-order valence-corrected chi connectivity index (χ1v) is 8.79. The second kappa shape index (κ2) is 7.45. The van der Waals surface area contributed by atoms with E-state index in [4.69, 9.17) is 11.6 Å². The topological polar surface area (TPSA) is 65.6 Å². The lowest BCUT2D eigenvalue weighted by Gasteiger charge is -2.08. The average Bonchev–Trinajstić information content (AvgIpc) is 3.07. The van der Waals surface area contributed by atoms with Crippen LogP contribution in [-0.4, -0.2) is 21.5 Å². The van der Waals surface area contributed by atoms with Crippen molar-refractivity contribution in [2.45, 2.75) is 6.42 Å². The maximum Gasteiger partial charge on any atom is 0.135 e. The molecular weight excluding hydrogens is 346 g/mol. The van der Waals surface area contributed by atoms with E-state index in [1.807, 2.05) is 36.4 Å². The van der Waals surface area contributed by atoms with E-state index < -0.39 is 0 Å². The Kier molecular flexibility index (Phi) is 4.71. The number of hydrogen-bond acceptors (Lipinski definition) is 4. The molecule has 4 aromatic rings. The lowest BCUT2D eigenvalue weighted by atomic mass is 10.1. The first kappa shape index (κ1) is 16.4. The molecule has 4 rings (SSSR count). The number of anilines is 3. The highest BCUT2D eigenvalue weighted by molar-refractivity contribution is 6.30. The second-order valence-electron chi connectivity index (χ2n) is 5.96. The number of nitrogens with one attached hydrogen (secondary N) is 3. The van der Waals surface area contributed by atoms with Crippen LogP contribution in [0.4, 0.5) is 17.3 Å². The minimum atomic E-state index is 0.706. The van der Waals surface area contributed by atoms with Crippen LogP contribution >= 0.6 is 11.6 Å². The summed E-state index contributed by atoms with van der Waals surface area (Å²) in [5.41, 5.74) is 3.39. The van der Waals surface area contributed by atoms with Gasteiger partial charge in [0.25, 0.3) is 0 Å². The molecule has 0 bridgehead atoms. The Morgan fingerprint density at radius 1 is 0.962 bits per heavy atom. The van der Waals surface area contributed by atoms with Gasteiger partial charge < -0.3 is 15.6 Å². The molecule has 0 aliphatic carbocycles. The van der Waals surface area contributed by atoms with Gasteiger partial charge in [0, 0.05) is 40.4 Å². The third-order valence-corrected chi connectivity index (χ3v) is 4.41. The van der Waals surface area contributed by atoms with Gasteiger partial charge in [0.2, 0.25) is 0 Å². The Morgan fingerprint density at radius 2 is 1.77 bits per heavy atom. The number of aromatic nitrogens is 3. The van der Waals surface area contributed by atoms with Crippen molar-refractivity contribution in [2.24, 2.45) is 0 Å². The molecule has 2 aromatic heterocycles. The molecule has 0 saturated heterocycles. The van der Waals surface area contributed by atoms with E-state index >= 15 is 0 Å². The summed E-state index contributed by atoms with van der Waals surface area (Å²) in [6.07, 6.45) is 4.53. The summed E-state index contributed by atoms with van der Waals surface area (Å²) >= 11 is 5.91. The number of aromatic amines is 1. The second-order valence-corrected chi connectivity index (χ2v) is 6.39. The molecule has 3 N–H and O–H groups in total.